The Morgan fingerprint density at radius 3 is 2.30 bits per heavy atom. The average Bonchev–Trinajstić information content (AvgIpc) is 2.45. The molecule has 0 saturated heterocycles. The van der Waals surface area contributed by atoms with E-state index in [2.05, 4.69) is 19.2 Å². The van der Waals surface area contributed by atoms with Crippen LogP contribution in [0.25, 0.3) is 11.1 Å². The Kier molecular flexibility index (Phi) is 4.08. The van der Waals surface area contributed by atoms with E-state index in [4.69, 9.17) is 4.74 Å². The Morgan fingerprint density at radius 1 is 1.10 bits per heavy atom. The SMILES string of the molecule is CNC(=O)c1cccc(-c2c(C)cc(OC)cc2C)c1. The number of rotatable bonds is 3. The molecule has 0 atom stereocenters. The number of aryl methyl sites for hydroxylation is 2. The zero-order valence-corrected chi connectivity index (χ0v) is 12.3. The lowest BCUT2D eigenvalue weighted by atomic mass is 9.94. The van der Waals surface area contributed by atoms with E-state index in [1.165, 1.54) is 0 Å². The maximum Gasteiger partial charge on any atom is 0.251 e. The van der Waals surface area contributed by atoms with Crippen molar-refractivity contribution in [3.63, 3.8) is 0 Å². The van der Waals surface area contributed by atoms with Crippen LogP contribution in [0, 0.1) is 13.8 Å². The van der Waals surface area contributed by atoms with Crippen molar-refractivity contribution in [2.75, 3.05) is 14.2 Å². The predicted molar refractivity (Wildman–Crippen MR) is 81.3 cm³/mol. The fraction of sp³-hybridized carbons (Fsp3) is 0.235. The minimum absolute atomic E-state index is 0.0735. The topological polar surface area (TPSA) is 38.3 Å². The second-order valence-electron chi connectivity index (χ2n) is 4.80. The molecule has 104 valence electrons. The molecule has 0 unspecified atom stereocenters. The van der Waals surface area contributed by atoms with Crippen molar-refractivity contribution < 1.29 is 9.53 Å². The van der Waals surface area contributed by atoms with E-state index in [0.29, 0.717) is 5.56 Å². The molecule has 1 N–H and O–H groups in total. The molecule has 0 fully saturated rings. The Morgan fingerprint density at radius 2 is 1.75 bits per heavy atom. The van der Waals surface area contributed by atoms with Gasteiger partial charge in [0.15, 0.2) is 0 Å². The minimum atomic E-state index is -0.0735. The van der Waals surface area contributed by atoms with Crippen LogP contribution < -0.4 is 10.1 Å². The molecule has 2 aromatic rings. The zero-order valence-electron chi connectivity index (χ0n) is 12.3. The number of benzene rings is 2. The maximum atomic E-state index is 11.7. The van der Waals surface area contributed by atoms with Gasteiger partial charge in [-0.2, -0.15) is 0 Å². The molecule has 2 rings (SSSR count). The molecule has 0 heterocycles. The number of methoxy groups -OCH3 is 1. The number of amides is 1. The largest absolute Gasteiger partial charge is 0.497 e. The van der Waals surface area contributed by atoms with E-state index in [1.54, 1.807) is 14.2 Å². The summed E-state index contributed by atoms with van der Waals surface area (Å²) >= 11 is 0. The zero-order chi connectivity index (χ0) is 14.7. The highest BCUT2D eigenvalue weighted by molar-refractivity contribution is 5.95. The minimum Gasteiger partial charge on any atom is -0.497 e. The van der Waals surface area contributed by atoms with Crippen molar-refractivity contribution in [1.82, 2.24) is 5.32 Å². The number of carbonyl (C=O) groups excluding carboxylic acids is 1. The van der Waals surface area contributed by atoms with Crippen LogP contribution in [0.1, 0.15) is 21.5 Å². The molecule has 1 amide bonds. The molecule has 0 radical (unpaired) electrons. The fourth-order valence-corrected chi connectivity index (χ4v) is 2.46. The third kappa shape index (κ3) is 2.67. The van der Waals surface area contributed by atoms with Crippen molar-refractivity contribution in [3.05, 3.63) is 53.1 Å². The second-order valence-corrected chi connectivity index (χ2v) is 4.80. The van der Waals surface area contributed by atoms with Crippen molar-refractivity contribution in [2.45, 2.75) is 13.8 Å². The highest BCUT2D eigenvalue weighted by atomic mass is 16.5. The van der Waals surface area contributed by atoms with E-state index >= 15 is 0 Å². The summed E-state index contributed by atoms with van der Waals surface area (Å²) in [6.45, 7) is 4.11. The first-order chi connectivity index (χ1) is 9.56. The van der Waals surface area contributed by atoms with Gasteiger partial charge < -0.3 is 10.1 Å². The first kappa shape index (κ1) is 14.1. The third-order valence-corrected chi connectivity index (χ3v) is 3.38. The van der Waals surface area contributed by atoms with Crippen LogP contribution in [0.5, 0.6) is 5.75 Å². The number of hydrogen-bond acceptors (Lipinski definition) is 2. The molecule has 3 nitrogen and oxygen atoms in total. The van der Waals surface area contributed by atoms with Gasteiger partial charge in [0.05, 0.1) is 7.11 Å². The first-order valence-corrected chi connectivity index (χ1v) is 6.54. The maximum absolute atomic E-state index is 11.7. The molecule has 0 aliphatic heterocycles. The number of nitrogens with one attached hydrogen (secondary N) is 1. The summed E-state index contributed by atoms with van der Waals surface area (Å²) in [6, 6.07) is 11.7. The highest BCUT2D eigenvalue weighted by Crippen LogP contribution is 2.31. The Labute approximate surface area is 119 Å². The average molecular weight is 269 g/mol. The lowest BCUT2D eigenvalue weighted by molar-refractivity contribution is 0.0963. The van der Waals surface area contributed by atoms with Gasteiger partial charge in [-0.25, -0.2) is 0 Å². The number of hydrogen-bond donors (Lipinski definition) is 1. The van der Waals surface area contributed by atoms with Gasteiger partial charge >= 0.3 is 0 Å². The molecule has 2 aromatic carbocycles. The highest BCUT2D eigenvalue weighted by Gasteiger charge is 2.10. The molecule has 0 aliphatic carbocycles. The molecule has 0 spiro atoms. The van der Waals surface area contributed by atoms with Crippen LogP contribution in [0.4, 0.5) is 0 Å². The summed E-state index contributed by atoms with van der Waals surface area (Å²) in [7, 11) is 3.30. The van der Waals surface area contributed by atoms with E-state index in [-0.39, 0.29) is 5.91 Å². The van der Waals surface area contributed by atoms with Gasteiger partial charge in [-0.1, -0.05) is 12.1 Å². The lowest BCUT2D eigenvalue weighted by Gasteiger charge is -2.13. The van der Waals surface area contributed by atoms with Crippen LogP contribution in [0.2, 0.25) is 0 Å². The molecule has 0 aliphatic rings. The van der Waals surface area contributed by atoms with Crippen LogP contribution in [0.3, 0.4) is 0 Å². The number of ether oxygens (including phenoxy) is 1. The summed E-state index contributed by atoms with van der Waals surface area (Å²) in [5, 5.41) is 2.65. The predicted octanol–water partition coefficient (Wildman–Crippen LogP) is 3.34. The first-order valence-electron chi connectivity index (χ1n) is 6.54. The molecular weight excluding hydrogens is 250 g/mol. The van der Waals surface area contributed by atoms with Crippen molar-refractivity contribution in [2.24, 2.45) is 0 Å². The van der Waals surface area contributed by atoms with E-state index in [1.807, 2.05) is 36.4 Å². The Hall–Kier alpha value is -2.29. The summed E-state index contributed by atoms with van der Waals surface area (Å²) in [5.41, 5.74) is 5.13. The summed E-state index contributed by atoms with van der Waals surface area (Å²) in [6.07, 6.45) is 0. The van der Waals surface area contributed by atoms with Gasteiger partial charge in [0.1, 0.15) is 5.75 Å². The molecule has 20 heavy (non-hydrogen) atoms. The molecule has 0 saturated carbocycles. The lowest BCUT2D eigenvalue weighted by Crippen LogP contribution is -2.17. The van der Waals surface area contributed by atoms with Crippen LogP contribution >= 0.6 is 0 Å². The van der Waals surface area contributed by atoms with Gasteiger partial charge in [0, 0.05) is 12.6 Å². The van der Waals surface area contributed by atoms with Gasteiger partial charge in [-0.05, 0) is 60.4 Å². The molecule has 0 bridgehead atoms. The normalized spacial score (nSPS) is 10.2. The van der Waals surface area contributed by atoms with Gasteiger partial charge in [-0.15, -0.1) is 0 Å². The number of carbonyl (C=O) groups is 1. The van der Waals surface area contributed by atoms with E-state index < -0.39 is 0 Å². The van der Waals surface area contributed by atoms with Crippen LogP contribution in [-0.4, -0.2) is 20.1 Å². The van der Waals surface area contributed by atoms with E-state index in [0.717, 1.165) is 28.0 Å². The monoisotopic (exact) mass is 269 g/mol. The van der Waals surface area contributed by atoms with E-state index in [9.17, 15) is 4.79 Å². The van der Waals surface area contributed by atoms with Crippen LogP contribution in [-0.2, 0) is 0 Å². The molecule has 0 aromatic heterocycles. The standard InChI is InChI=1S/C17H19NO2/c1-11-8-15(20-4)9-12(2)16(11)13-6-5-7-14(10-13)17(19)18-3/h5-10H,1-4H3,(H,18,19). The van der Waals surface area contributed by atoms with Gasteiger partial charge in [0.25, 0.3) is 5.91 Å². The van der Waals surface area contributed by atoms with Crippen molar-refractivity contribution in [1.29, 1.82) is 0 Å². The Balaban J connectivity index is 2.54. The summed E-state index contributed by atoms with van der Waals surface area (Å²) in [4.78, 5) is 11.7. The smallest absolute Gasteiger partial charge is 0.251 e. The fourth-order valence-electron chi connectivity index (χ4n) is 2.46. The quantitative estimate of drug-likeness (QED) is 0.928. The Bertz CT molecular complexity index is 624. The van der Waals surface area contributed by atoms with Gasteiger partial charge in [-0.3, -0.25) is 4.79 Å². The summed E-state index contributed by atoms with van der Waals surface area (Å²) in [5.74, 6) is 0.780. The molecular formula is C17H19NO2. The van der Waals surface area contributed by atoms with Crippen molar-refractivity contribution in [3.8, 4) is 16.9 Å². The summed E-state index contributed by atoms with van der Waals surface area (Å²) < 4.78 is 5.28. The van der Waals surface area contributed by atoms with Crippen LogP contribution in [0.15, 0.2) is 36.4 Å². The van der Waals surface area contributed by atoms with Gasteiger partial charge in [0.2, 0.25) is 0 Å². The van der Waals surface area contributed by atoms with Crippen molar-refractivity contribution >= 4 is 5.91 Å². The molecule has 3 heteroatoms. The third-order valence-electron chi connectivity index (χ3n) is 3.38. The second kappa shape index (κ2) is 5.78.